The molecule has 0 aromatic heterocycles. The molecule has 1 rings (SSSR count). The van der Waals surface area contributed by atoms with Crippen molar-refractivity contribution in [2.75, 3.05) is 13.1 Å². The molecule has 0 radical (unpaired) electrons. The smallest absolute Gasteiger partial charge is 0.225 e. The molecule has 4 heteroatoms. The van der Waals surface area contributed by atoms with Gasteiger partial charge in [-0.05, 0) is 19.3 Å². The van der Waals surface area contributed by atoms with E-state index in [1.807, 2.05) is 11.8 Å². The summed E-state index contributed by atoms with van der Waals surface area (Å²) in [4.78, 5) is 14.6. The first-order chi connectivity index (χ1) is 7.56. The van der Waals surface area contributed by atoms with E-state index in [9.17, 15) is 4.79 Å². The Morgan fingerprint density at radius 1 is 1.50 bits per heavy atom. The van der Waals surface area contributed by atoms with E-state index in [0.29, 0.717) is 16.8 Å². The van der Waals surface area contributed by atoms with Crippen molar-refractivity contribution in [1.82, 2.24) is 4.90 Å². The maximum absolute atomic E-state index is 12.0. The van der Waals surface area contributed by atoms with Gasteiger partial charge in [-0.2, -0.15) is 0 Å². The van der Waals surface area contributed by atoms with Gasteiger partial charge in [0.05, 0.1) is 4.99 Å². The van der Waals surface area contributed by atoms with Crippen molar-refractivity contribution in [3.63, 3.8) is 0 Å². The number of hydrogen-bond acceptors (Lipinski definition) is 2. The molecule has 92 valence electrons. The molecular weight excluding hydrogens is 220 g/mol. The van der Waals surface area contributed by atoms with Crippen LogP contribution in [0.5, 0.6) is 0 Å². The highest BCUT2D eigenvalue weighted by Gasteiger charge is 2.26. The van der Waals surface area contributed by atoms with Crippen LogP contribution >= 0.6 is 12.2 Å². The predicted molar refractivity (Wildman–Crippen MR) is 70.2 cm³/mol. The highest BCUT2D eigenvalue weighted by atomic mass is 32.1. The molecule has 0 aliphatic carbocycles. The topological polar surface area (TPSA) is 46.3 Å². The average Bonchev–Trinajstić information content (AvgIpc) is 2.28. The second-order valence-electron chi connectivity index (χ2n) is 4.69. The molecule has 1 aliphatic heterocycles. The van der Waals surface area contributed by atoms with E-state index < -0.39 is 0 Å². The Balaban J connectivity index is 2.41. The van der Waals surface area contributed by atoms with Gasteiger partial charge in [0.2, 0.25) is 5.91 Å². The van der Waals surface area contributed by atoms with Crippen LogP contribution in [0.3, 0.4) is 0 Å². The monoisotopic (exact) mass is 242 g/mol. The minimum atomic E-state index is 0.159. The van der Waals surface area contributed by atoms with Crippen molar-refractivity contribution < 1.29 is 4.79 Å². The Morgan fingerprint density at radius 3 is 2.50 bits per heavy atom. The predicted octanol–water partition coefficient (Wildman–Crippen LogP) is 1.95. The minimum Gasteiger partial charge on any atom is -0.393 e. The standard InChI is InChI=1S/C12H22N2OS/c1-3-4-9(2)12(15)14-7-5-10(6-8-14)11(13)16/h9-10H,3-8H2,1-2H3,(H2,13,16). The van der Waals surface area contributed by atoms with E-state index in [2.05, 4.69) is 6.92 Å². The summed E-state index contributed by atoms with van der Waals surface area (Å²) in [6.45, 7) is 5.76. The Hall–Kier alpha value is -0.640. The molecule has 0 spiro atoms. The quantitative estimate of drug-likeness (QED) is 0.766. The molecule has 1 unspecified atom stereocenters. The molecule has 1 fully saturated rings. The molecule has 0 aromatic carbocycles. The van der Waals surface area contributed by atoms with Gasteiger partial charge in [0, 0.05) is 24.9 Å². The maximum Gasteiger partial charge on any atom is 0.225 e. The number of carbonyl (C=O) groups is 1. The van der Waals surface area contributed by atoms with Crippen molar-refractivity contribution in [3.8, 4) is 0 Å². The van der Waals surface area contributed by atoms with Gasteiger partial charge in [-0.3, -0.25) is 4.79 Å². The Bertz CT molecular complexity index is 260. The lowest BCUT2D eigenvalue weighted by Crippen LogP contribution is -2.43. The number of thiocarbonyl (C=S) groups is 1. The fourth-order valence-electron chi connectivity index (χ4n) is 2.25. The second kappa shape index (κ2) is 6.18. The molecule has 1 aliphatic rings. The SMILES string of the molecule is CCCC(C)C(=O)N1CCC(C(N)=S)CC1. The largest absolute Gasteiger partial charge is 0.393 e. The van der Waals surface area contributed by atoms with Gasteiger partial charge in [0.25, 0.3) is 0 Å². The number of hydrogen-bond donors (Lipinski definition) is 1. The van der Waals surface area contributed by atoms with Crippen molar-refractivity contribution >= 4 is 23.1 Å². The molecule has 0 aromatic rings. The third kappa shape index (κ3) is 3.44. The Kier molecular flexibility index (Phi) is 5.19. The molecule has 2 N–H and O–H groups in total. The van der Waals surface area contributed by atoms with E-state index in [4.69, 9.17) is 18.0 Å². The Labute approximate surface area is 103 Å². The van der Waals surface area contributed by atoms with Gasteiger partial charge in [0.1, 0.15) is 0 Å². The second-order valence-corrected chi connectivity index (χ2v) is 5.16. The maximum atomic E-state index is 12.0. The van der Waals surface area contributed by atoms with E-state index in [-0.39, 0.29) is 5.92 Å². The van der Waals surface area contributed by atoms with E-state index in [1.165, 1.54) is 0 Å². The van der Waals surface area contributed by atoms with Crippen LogP contribution in [0.15, 0.2) is 0 Å². The number of piperidine rings is 1. The van der Waals surface area contributed by atoms with Crippen molar-refractivity contribution in [2.45, 2.75) is 39.5 Å². The van der Waals surface area contributed by atoms with Gasteiger partial charge in [-0.1, -0.05) is 32.5 Å². The zero-order chi connectivity index (χ0) is 12.1. The van der Waals surface area contributed by atoms with Crippen LogP contribution in [0.4, 0.5) is 0 Å². The van der Waals surface area contributed by atoms with Gasteiger partial charge < -0.3 is 10.6 Å². The molecule has 0 saturated carbocycles. The van der Waals surface area contributed by atoms with Crippen LogP contribution in [-0.2, 0) is 4.79 Å². The fraction of sp³-hybridized carbons (Fsp3) is 0.833. The van der Waals surface area contributed by atoms with Crippen LogP contribution in [-0.4, -0.2) is 28.9 Å². The molecule has 1 saturated heterocycles. The summed E-state index contributed by atoms with van der Waals surface area (Å²) < 4.78 is 0. The van der Waals surface area contributed by atoms with Gasteiger partial charge in [-0.15, -0.1) is 0 Å². The zero-order valence-electron chi connectivity index (χ0n) is 10.2. The lowest BCUT2D eigenvalue weighted by Gasteiger charge is -2.33. The first-order valence-corrected chi connectivity index (χ1v) is 6.55. The molecule has 3 nitrogen and oxygen atoms in total. The van der Waals surface area contributed by atoms with E-state index in [0.717, 1.165) is 38.8 Å². The molecule has 1 heterocycles. The summed E-state index contributed by atoms with van der Waals surface area (Å²) in [5.74, 6) is 0.787. The molecule has 1 amide bonds. The summed E-state index contributed by atoms with van der Waals surface area (Å²) in [5, 5.41) is 0. The molecular formula is C12H22N2OS. The lowest BCUT2D eigenvalue weighted by molar-refractivity contribution is -0.136. The highest BCUT2D eigenvalue weighted by molar-refractivity contribution is 7.80. The van der Waals surface area contributed by atoms with Crippen LogP contribution < -0.4 is 5.73 Å². The lowest BCUT2D eigenvalue weighted by atomic mass is 9.95. The zero-order valence-corrected chi connectivity index (χ0v) is 11.1. The normalized spacial score (nSPS) is 19.5. The number of rotatable bonds is 4. The fourth-order valence-corrected chi connectivity index (χ4v) is 2.49. The van der Waals surface area contributed by atoms with Crippen LogP contribution in [0.1, 0.15) is 39.5 Å². The average molecular weight is 242 g/mol. The van der Waals surface area contributed by atoms with Crippen molar-refractivity contribution in [3.05, 3.63) is 0 Å². The molecule has 0 bridgehead atoms. The van der Waals surface area contributed by atoms with Crippen LogP contribution in [0.25, 0.3) is 0 Å². The van der Waals surface area contributed by atoms with Crippen LogP contribution in [0, 0.1) is 11.8 Å². The Morgan fingerprint density at radius 2 is 2.06 bits per heavy atom. The van der Waals surface area contributed by atoms with Crippen molar-refractivity contribution in [1.29, 1.82) is 0 Å². The first kappa shape index (κ1) is 13.4. The number of likely N-dealkylation sites (tertiary alicyclic amines) is 1. The summed E-state index contributed by atoms with van der Waals surface area (Å²) >= 11 is 4.99. The third-order valence-electron chi connectivity index (χ3n) is 3.35. The number of carbonyl (C=O) groups excluding carboxylic acids is 1. The highest BCUT2D eigenvalue weighted by Crippen LogP contribution is 2.20. The first-order valence-electron chi connectivity index (χ1n) is 6.14. The number of amides is 1. The van der Waals surface area contributed by atoms with Gasteiger partial charge >= 0.3 is 0 Å². The van der Waals surface area contributed by atoms with E-state index >= 15 is 0 Å². The van der Waals surface area contributed by atoms with Gasteiger partial charge in [0.15, 0.2) is 0 Å². The van der Waals surface area contributed by atoms with Crippen molar-refractivity contribution in [2.24, 2.45) is 17.6 Å². The summed E-state index contributed by atoms with van der Waals surface area (Å²) in [7, 11) is 0. The minimum absolute atomic E-state index is 0.159. The summed E-state index contributed by atoms with van der Waals surface area (Å²) in [5.41, 5.74) is 5.62. The van der Waals surface area contributed by atoms with Crippen LogP contribution in [0.2, 0.25) is 0 Å². The number of nitrogens with zero attached hydrogens (tertiary/aromatic N) is 1. The third-order valence-corrected chi connectivity index (χ3v) is 3.69. The molecule has 16 heavy (non-hydrogen) atoms. The number of nitrogens with two attached hydrogens (primary N) is 1. The summed E-state index contributed by atoms with van der Waals surface area (Å²) in [6, 6.07) is 0. The van der Waals surface area contributed by atoms with Gasteiger partial charge in [-0.25, -0.2) is 0 Å². The summed E-state index contributed by atoms with van der Waals surface area (Å²) in [6.07, 6.45) is 3.91. The van der Waals surface area contributed by atoms with E-state index in [1.54, 1.807) is 0 Å². The molecule has 1 atom stereocenters.